The summed E-state index contributed by atoms with van der Waals surface area (Å²) in [4.78, 5) is 35.9. The molecule has 8 heteroatoms. The van der Waals surface area contributed by atoms with Crippen LogP contribution >= 0.6 is 11.3 Å². The molecule has 1 aromatic carbocycles. The van der Waals surface area contributed by atoms with Crippen LogP contribution < -0.4 is 10.3 Å². The van der Waals surface area contributed by atoms with Crippen molar-refractivity contribution in [3.63, 3.8) is 0 Å². The third-order valence-electron chi connectivity index (χ3n) is 5.61. The molecule has 0 spiro atoms. The zero-order valence-electron chi connectivity index (χ0n) is 17.3. The van der Waals surface area contributed by atoms with E-state index in [1.54, 1.807) is 0 Å². The molecule has 1 aliphatic rings. The van der Waals surface area contributed by atoms with Gasteiger partial charge in [0.15, 0.2) is 0 Å². The Hall–Kier alpha value is -2.71. The normalized spacial score (nSPS) is 14.9. The molecule has 0 radical (unpaired) electrons. The molecule has 0 bridgehead atoms. The minimum atomic E-state index is -0.133. The second-order valence-electron chi connectivity index (χ2n) is 7.52. The van der Waals surface area contributed by atoms with Crippen molar-refractivity contribution >= 4 is 27.5 Å². The second kappa shape index (κ2) is 8.97. The number of piperazine rings is 1. The number of fused-ring (bicyclic) bond motifs is 1. The van der Waals surface area contributed by atoms with Gasteiger partial charge in [-0.2, -0.15) is 0 Å². The zero-order valence-corrected chi connectivity index (χ0v) is 18.2. The number of hydrogen-bond donors (Lipinski definition) is 0. The molecule has 30 heavy (non-hydrogen) atoms. The Morgan fingerprint density at radius 3 is 2.60 bits per heavy atom. The Labute approximate surface area is 179 Å². The number of amides is 1. The lowest BCUT2D eigenvalue weighted by Gasteiger charge is -2.34. The number of ether oxygens (including phenoxy) is 1. The molecule has 7 nitrogen and oxygen atoms in total. The summed E-state index contributed by atoms with van der Waals surface area (Å²) >= 11 is 1.52. The van der Waals surface area contributed by atoms with Gasteiger partial charge < -0.3 is 9.64 Å². The van der Waals surface area contributed by atoms with E-state index < -0.39 is 0 Å². The fourth-order valence-corrected chi connectivity index (χ4v) is 4.65. The lowest BCUT2D eigenvalue weighted by atomic mass is 10.2. The first-order valence-electron chi connectivity index (χ1n) is 10.2. The molecular formula is C22H26N4O3S. The van der Waals surface area contributed by atoms with Crippen molar-refractivity contribution < 1.29 is 9.53 Å². The molecule has 158 valence electrons. The molecule has 0 aliphatic carbocycles. The highest BCUT2D eigenvalue weighted by molar-refractivity contribution is 7.18. The quantitative estimate of drug-likeness (QED) is 0.605. The maximum absolute atomic E-state index is 12.8. The van der Waals surface area contributed by atoms with E-state index in [1.807, 2.05) is 49.1 Å². The summed E-state index contributed by atoms with van der Waals surface area (Å²) < 4.78 is 7.19. The van der Waals surface area contributed by atoms with Crippen molar-refractivity contribution in [1.82, 2.24) is 19.4 Å². The van der Waals surface area contributed by atoms with Crippen LogP contribution in [0.4, 0.5) is 0 Å². The lowest BCUT2D eigenvalue weighted by molar-refractivity contribution is -0.133. The van der Waals surface area contributed by atoms with Gasteiger partial charge in [0.25, 0.3) is 5.56 Å². The van der Waals surface area contributed by atoms with E-state index in [9.17, 15) is 9.59 Å². The molecule has 1 amide bonds. The molecule has 1 fully saturated rings. The first-order chi connectivity index (χ1) is 14.5. The third-order valence-corrected chi connectivity index (χ3v) is 6.72. The Morgan fingerprint density at radius 2 is 1.87 bits per heavy atom. The molecule has 0 unspecified atom stereocenters. The average Bonchev–Trinajstić information content (AvgIpc) is 3.05. The van der Waals surface area contributed by atoms with E-state index >= 15 is 0 Å². The van der Waals surface area contributed by atoms with Crippen LogP contribution in [0.3, 0.4) is 0 Å². The number of aromatic nitrogens is 2. The number of para-hydroxylation sites is 1. The smallest absolute Gasteiger partial charge is 0.262 e. The Kier molecular flexibility index (Phi) is 6.15. The highest BCUT2D eigenvalue weighted by atomic mass is 32.1. The van der Waals surface area contributed by atoms with Crippen molar-refractivity contribution in [2.45, 2.75) is 20.4 Å². The molecule has 3 aromatic rings. The molecule has 0 atom stereocenters. The lowest BCUT2D eigenvalue weighted by Crippen LogP contribution is -2.50. The largest absolute Gasteiger partial charge is 0.492 e. The summed E-state index contributed by atoms with van der Waals surface area (Å²) in [7, 11) is 0. The van der Waals surface area contributed by atoms with Gasteiger partial charge in [0.05, 0.1) is 11.7 Å². The third kappa shape index (κ3) is 4.39. The number of benzene rings is 1. The van der Waals surface area contributed by atoms with Crippen molar-refractivity contribution in [3.05, 3.63) is 57.5 Å². The van der Waals surface area contributed by atoms with Crippen LogP contribution in [0.25, 0.3) is 10.2 Å². The van der Waals surface area contributed by atoms with Crippen molar-refractivity contribution in [2.24, 2.45) is 0 Å². The van der Waals surface area contributed by atoms with Gasteiger partial charge >= 0.3 is 0 Å². The Morgan fingerprint density at radius 1 is 1.13 bits per heavy atom. The van der Waals surface area contributed by atoms with Crippen LogP contribution in [-0.2, 0) is 11.3 Å². The number of thiophene rings is 1. The monoisotopic (exact) mass is 426 g/mol. The minimum absolute atomic E-state index is 0.0349. The van der Waals surface area contributed by atoms with E-state index in [4.69, 9.17) is 4.74 Å². The Bertz CT molecular complexity index is 1080. The number of nitrogens with zero attached hydrogens (tertiary/aromatic N) is 4. The summed E-state index contributed by atoms with van der Waals surface area (Å²) in [5.74, 6) is 0.835. The summed E-state index contributed by atoms with van der Waals surface area (Å²) in [6.45, 7) is 8.33. The topological polar surface area (TPSA) is 67.7 Å². The highest BCUT2D eigenvalue weighted by Gasteiger charge is 2.22. The standard InChI is InChI=1S/C22H26N4O3S/c1-16-17(2)30-21-20(16)22(28)26(15-23-21)14-19(27)25-10-8-24(9-11-25)12-13-29-18-6-4-3-5-7-18/h3-7,15H,8-14H2,1-2H3. The zero-order chi connectivity index (χ0) is 21.1. The van der Waals surface area contributed by atoms with Crippen molar-refractivity contribution in [2.75, 3.05) is 39.3 Å². The van der Waals surface area contributed by atoms with Crippen LogP contribution in [0.15, 0.2) is 41.5 Å². The summed E-state index contributed by atoms with van der Waals surface area (Å²) in [6, 6.07) is 9.78. The van der Waals surface area contributed by atoms with Gasteiger partial charge in [-0.15, -0.1) is 11.3 Å². The van der Waals surface area contributed by atoms with Gasteiger partial charge in [-0.1, -0.05) is 18.2 Å². The molecule has 1 aliphatic heterocycles. The summed E-state index contributed by atoms with van der Waals surface area (Å²) in [6.07, 6.45) is 1.50. The first-order valence-corrected chi connectivity index (χ1v) is 11.0. The van der Waals surface area contributed by atoms with Gasteiger partial charge in [0.1, 0.15) is 23.7 Å². The van der Waals surface area contributed by atoms with Gasteiger partial charge in [-0.05, 0) is 31.5 Å². The average molecular weight is 427 g/mol. The van der Waals surface area contributed by atoms with Crippen LogP contribution in [-0.4, -0.2) is 64.6 Å². The van der Waals surface area contributed by atoms with E-state index in [0.29, 0.717) is 25.1 Å². The van der Waals surface area contributed by atoms with Gasteiger partial charge in [-0.25, -0.2) is 4.98 Å². The van der Waals surface area contributed by atoms with Crippen LogP contribution in [0.1, 0.15) is 10.4 Å². The molecule has 0 saturated carbocycles. The molecular weight excluding hydrogens is 400 g/mol. The highest BCUT2D eigenvalue weighted by Crippen LogP contribution is 2.25. The molecule has 0 N–H and O–H groups in total. The number of hydrogen-bond acceptors (Lipinski definition) is 6. The predicted molar refractivity (Wildman–Crippen MR) is 118 cm³/mol. The predicted octanol–water partition coefficient (Wildman–Crippen LogP) is 2.30. The van der Waals surface area contributed by atoms with Crippen molar-refractivity contribution in [1.29, 1.82) is 0 Å². The molecule has 1 saturated heterocycles. The molecule has 4 rings (SSSR count). The fourth-order valence-electron chi connectivity index (χ4n) is 3.66. The van der Waals surface area contributed by atoms with Gasteiger partial charge in [0.2, 0.25) is 5.91 Å². The SMILES string of the molecule is Cc1sc2ncn(CC(=O)N3CCN(CCOc4ccccc4)CC3)c(=O)c2c1C. The number of aryl methyl sites for hydroxylation is 2. The van der Waals surface area contributed by atoms with E-state index in [-0.39, 0.29) is 18.0 Å². The van der Waals surface area contributed by atoms with E-state index in [2.05, 4.69) is 9.88 Å². The second-order valence-corrected chi connectivity index (χ2v) is 8.73. The summed E-state index contributed by atoms with van der Waals surface area (Å²) in [5.41, 5.74) is 0.826. The maximum Gasteiger partial charge on any atom is 0.262 e. The van der Waals surface area contributed by atoms with Gasteiger partial charge in [-0.3, -0.25) is 19.1 Å². The fraction of sp³-hybridized carbons (Fsp3) is 0.409. The van der Waals surface area contributed by atoms with Crippen LogP contribution in [0.5, 0.6) is 5.75 Å². The number of rotatable bonds is 6. The number of carbonyl (C=O) groups is 1. The van der Waals surface area contributed by atoms with Crippen molar-refractivity contribution in [3.8, 4) is 5.75 Å². The number of carbonyl (C=O) groups excluding carboxylic acids is 1. The van der Waals surface area contributed by atoms with Crippen LogP contribution in [0.2, 0.25) is 0 Å². The van der Waals surface area contributed by atoms with Gasteiger partial charge in [0, 0.05) is 37.6 Å². The maximum atomic E-state index is 12.8. The molecule has 3 heterocycles. The van der Waals surface area contributed by atoms with E-state index in [1.165, 1.54) is 22.2 Å². The Balaban J connectivity index is 1.29. The van der Waals surface area contributed by atoms with E-state index in [0.717, 1.165) is 40.7 Å². The first kappa shape index (κ1) is 20.6. The van der Waals surface area contributed by atoms with Crippen LogP contribution in [0, 0.1) is 13.8 Å². The molecule has 2 aromatic heterocycles. The minimum Gasteiger partial charge on any atom is -0.492 e. The summed E-state index contributed by atoms with van der Waals surface area (Å²) in [5, 5.41) is 0.635.